The molecular formula is C2H5NO. The molecule has 0 aromatic carbocycles. The first-order chi connectivity index (χ1) is 2.27. The van der Waals surface area contributed by atoms with Gasteiger partial charge in [0.25, 0.3) is 0 Å². The lowest BCUT2D eigenvalue weighted by molar-refractivity contribution is -0.109. The van der Waals surface area contributed by atoms with Crippen LogP contribution in [0.2, 0.25) is 1.41 Å². The predicted molar refractivity (Wildman–Crippen MR) is 15.1 cm³/mol. The number of nitrogens with one attached hydrogen (secondary N) is 1. The van der Waals surface area contributed by atoms with Gasteiger partial charge in [0.15, 0.2) is 1.41 Å². The summed E-state index contributed by atoms with van der Waals surface area (Å²) in [5, 5.41) is 0.694. The van der Waals surface area contributed by atoms with Crippen LogP contribution in [0.3, 0.4) is 0 Å². The minimum absolute atomic E-state index is 0.417. The molecule has 0 aliphatic heterocycles. The Labute approximate surface area is 26.3 Å². The summed E-state index contributed by atoms with van der Waals surface area (Å²) in [5.41, 5.74) is 0. The molecule has 0 spiro atoms. The zero-order valence-electron chi connectivity index (χ0n) is 3.43. The molecule has 0 bridgehead atoms. The van der Waals surface area contributed by atoms with Crippen molar-refractivity contribution in [3.63, 3.8) is 0 Å². The Morgan fingerprint density at radius 1 is 2.50 bits per heavy atom. The molecule has 0 aromatic heterocycles. The minimum Gasteiger partial charge on any atom is -0.362 e. The number of amides is 1. The van der Waals surface area contributed by atoms with Crippen molar-refractivity contribution in [3.8, 4) is 0 Å². The van der Waals surface area contributed by atoms with Crippen LogP contribution in [0, 0.1) is 0 Å². The smallest absolute Gasteiger partial charge is 0.206 e. The van der Waals surface area contributed by atoms with Gasteiger partial charge in [-0.15, -0.1) is 0 Å². The first kappa shape index (κ1) is 1.76. The molecule has 2 heteroatoms. The Balaban J connectivity index is 2.83. The Bertz CT molecular complexity index is 36.6. The van der Waals surface area contributed by atoms with E-state index in [9.17, 15) is 4.79 Å². The van der Waals surface area contributed by atoms with Crippen LogP contribution in [0.4, 0.5) is 0 Å². The van der Waals surface area contributed by atoms with E-state index in [2.05, 4.69) is 0 Å². The van der Waals surface area contributed by atoms with E-state index in [1.807, 2.05) is 0 Å². The lowest BCUT2D eigenvalue weighted by atomic mass is 11.2. The highest BCUT2D eigenvalue weighted by molar-refractivity contribution is 5.44. The third kappa shape index (κ3) is 1.47. The third-order valence-corrected chi connectivity index (χ3v) is 0.105. The molecule has 1 amide bonds. The van der Waals surface area contributed by atoms with E-state index >= 15 is 0 Å². The van der Waals surface area contributed by atoms with Crippen molar-refractivity contribution in [3.05, 3.63) is 0 Å². The highest BCUT2D eigenvalue weighted by Crippen LogP contribution is 1.09. The van der Waals surface area contributed by atoms with Gasteiger partial charge in [0.05, 0.1) is 0 Å². The fourth-order valence-electron chi connectivity index (χ4n) is 0. The SMILES string of the molecule is [2H]N(C)C=O. The zero-order valence-corrected chi connectivity index (χ0v) is 2.43. The number of carbonyl (C=O) groups is 1. The number of hydrogen-bond donors (Lipinski definition) is 1. The zero-order chi connectivity index (χ0) is 4.28. The van der Waals surface area contributed by atoms with Gasteiger partial charge in [-0.05, 0) is 0 Å². The summed E-state index contributed by atoms with van der Waals surface area (Å²) >= 11 is 0. The van der Waals surface area contributed by atoms with Gasteiger partial charge >= 0.3 is 0 Å². The first-order valence-corrected chi connectivity index (χ1v) is 0.941. The van der Waals surface area contributed by atoms with E-state index in [-0.39, 0.29) is 0 Å². The topological polar surface area (TPSA) is 29.1 Å². The van der Waals surface area contributed by atoms with Gasteiger partial charge in [-0.3, -0.25) is 4.79 Å². The molecule has 2 nitrogen and oxygen atoms in total. The van der Waals surface area contributed by atoms with Crippen LogP contribution in [0.15, 0.2) is 0 Å². The van der Waals surface area contributed by atoms with E-state index in [0.717, 1.165) is 0 Å². The van der Waals surface area contributed by atoms with Crippen molar-refractivity contribution in [2.45, 2.75) is 0 Å². The van der Waals surface area contributed by atoms with Gasteiger partial charge in [-0.2, -0.15) is 0 Å². The van der Waals surface area contributed by atoms with E-state index in [1.54, 1.807) is 0 Å². The third-order valence-electron chi connectivity index (χ3n) is 0.105. The summed E-state index contributed by atoms with van der Waals surface area (Å²) in [6.45, 7) is 0. The van der Waals surface area contributed by atoms with Crippen molar-refractivity contribution in [2.75, 3.05) is 7.05 Å². The van der Waals surface area contributed by atoms with Crippen molar-refractivity contribution in [1.82, 2.24) is 5.31 Å². The quantitative estimate of drug-likeness (QED) is 0.401. The molecule has 0 aliphatic rings. The molecule has 0 saturated heterocycles. The maximum atomic E-state index is 9.24. The normalized spacial score (nSPS) is 8.75. The number of rotatable bonds is 1. The molecule has 4 heavy (non-hydrogen) atoms. The van der Waals surface area contributed by atoms with Crippen LogP contribution in [0.25, 0.3) is 0 Å². The van der Waals surface area contributed by atoms with E-state index in [0.29, 0.717) is 11.7 Å². The second-order valence-corrected chi connectivity index (χ2v) is 0.364. The van der Waals surface area contributed by atoms with Gasteiger partial charge in [0, 0.05) is 7.05 Å². The molecule has 0 rings (SSSR count). The van der Waals surface area contributed by atoms with E-state index < -0.39 is 0 Å². The van der Waals surface area contributed by atoms with Crippen LogP contribution in [-0.4, -0.2) is 13.5 Å². The summed E-state index contributed by atoms with van der Waals surface area (Å²) in [6.07, 6.45) is 0.417. The Hall–Kier alpha value is -0.530. The summed E-state index contributed by atoms with van der Waals surface area (Å²) in [4.78, 5) is 9.24. The van der Waals surface area contributed by atoms with E-state index in [4.69, 9.17) is 1.41 Å². The van der Waals surface area contributed by atoms with E-state index in [1.165, 1.54) is 7.05 Å². The largest absolute Gasteiger partial charge is 0.362 e. The van der Waals surface area contributed by atoms with Gasteiger partial charge in [0.2, 0.25) is 6.41 Å². The van der Waals surface area contributed by atoms with Crippen LogP contribution in [-0.2, 0) is 4.79 Å². The predicted octanol–water partition coefficient (Wildman–Crippen LogP) is -0.638. The van der Waals surface area contributed by atoms with Crippen molar-refractivity contribution < 1.29 is 6.21 Å². The Morgan fingerprint density at radius 2 is 2.75 bits per heavy atom. The van der Waals surface area contributed by atoms with Crippen LogP contribution >= 0.6 is 0 Å². The molecule has 0 saturated carbocycles. The van der Waals surface area contributed by atoms with Gasteiger partial charge in [-0.25, -0.2) is 0 Å². The lowest BCUT2D eigenvalue weighted by Crippen LogP contribution is -1.98. The summed E-state index contributed by atoms with van der Waals surface area (Å²) in [7, 11) is 1.35. The fraction of sp³-hybridized carbons (Fsp3) is 0.500. The lowest BCUT2D eigenvalue weighted by Gasteiger charge is -1.64. The van der Waals surface area contributed by atoms with Gasteiger partial charge < -0.3 is 5.31 Å². The maximum Gasteiger partial charge on any atom is 0.206 e. The Morgan fingerprint density at radius 3 is 2.75 bits per heavy atom. The molecule has 0 heterocycles. The maximum absolute atomic E-state index is 9.24. The highest BCUT2D eigenvalue weighted by atomic mass is 16.1. The Kier molecular flexibility index (Phi) is 1.09. The molecule has 0 fully saturated rings. The van der Waals surface area contributed by atoms with Gasteiger partial charge in [-0.1, -0.05) is 0 Å². The molecule has 0 aromatic rings. The standard InChI is InChI=1S/C2H5NO/c1-3-2-4/h2H,1H3,(H,3,4)/i/hD. The number of hydrogen-bond acceptors (Lipinski definition) is 1. The molecule has 0 unspecified atom stereocenters. The summed E-state index contributed by atoms with van der Waals surface area (Å²) in [6, 6.07) is 0. The fourth-order valence-corrected chi connectivity index (χ4v) is 0. The second kappa shape index (κ2) is 2.47. The molecule has 0 atom stereocenters. The van der Waals surface area contributed by atoms with Gasteiger partial charge in [0.1, 0.15) is 0 Å². The molecular weight excluding hydrogens is 54.0 g/mol. The first-order valence-electron chi connectivity index (χ1n) is 1.39. The van der Waals surface area contributed by atoms with Crippen LogP contribution in [0.5, 0.6) is 0 Å². The minimum atomic E-state index is 0.417. The average Bonchev–Trinajstić information content (AvgIpc) is 1.38. The monoisotopic (exact) mass is 60.0 g/mol. The summed E-state index contributed by atoms with van der Waals surface area (Å²) < 4.78 is 6.29. The molecule has 1 N–H and O–H groups in total. The molecule has 0 radical (unpaired) electrons. The van der Waals surface area contributed by atoms with Crippen molar-refractivity contribution in [1.29, 1.82) is 0 Å². The van der Waals surface area contributed by atoms with Crippen molar-refractivity contribution >= 4 is 6.41 Å². The van der Waals surface area contributed by atoms with Crippen molar-refractivity contribution in [2.24, 2.45) is 0 Å². The molecule has 24 valence electrons. The highest BCUT2D eigenvalue weighted by Gasteiger charge is 1.43. The van der Waals surface area contributed by atoms with Crippen LogP contribution < -0.4 is 5.31 Å². The average molecular weight is 60.1 g/mol. The summed E-state index contributed by atoms with van der Waals surface area (Å²) in [5.74, 6) is 0. The number of carbonyl (C=O) groups excluding carboxylic acids is 1. The second-order valence-electron chi connectivity index (χ2n) is 0.364. The van der Waals surface area contributed by atoms with Crippen LogP contribution in [0.1, 0.15) is 0 Å². The molecule has 0 aliphatic carbocycles.